The van der Waals surface area contributed by atoms with Crippen LogP contribution in [0.5, 0.6) is 5.75 Å². The molecule has 1 aromatic carbocycles. The van der Waals surface area contributed by atoms with Gasteiger partial charge in [0.15, 0.2) is 0 Å². The number of benzene rings is 1. The van der Waals surface area contributed by atoms with Gasteiger partial charge in [0, 0.05) is 17.5 Å². The van der Waals surface area contributed by atoms with E-state index in [2.05, 4.69) is 11.4 Å². The number of ether oxygens (including phenoxy) is 1. The molecular formula is C19H31ClN2O2. The zero-order valence-corrected chi connectivity index (χ0v) is 15.9. The van der Waals surface area contributed by atoms with Crippen molar-refractivity contribution in [2.45, 2.75) is 63.3 Å². The monoisotopic (exact) mass is 354 g/mol. The molecule has 1 aromatic rings. The Balaban J connectivity index is 0.00000288. The molecule has 1 saturated carbocycles. The van der Waals surface area contributed by atoms with E-state index < -0.39 is 5.54 Å². The number of hydrogen-bond acceptors (Lipinski definition) is 3. The van der Waals surface area contributed by atoms with E-state index in [9.17, 15) is 4.79 Å². The number of amides is 1. The third kappa shape index (κ3) is 4.42. The number of carbonyl (C=O) groups is 1. The normalized spacial score (nSPS) is 18.3. The number of hydrogen-bond donors (Lipinski definition) is 2. The minimum Gasteiger partial charge on any atom is -0.496 e. The fourth-order valence-electron chi connectivity index (χ4n) is 3.76. The maximum absolute atomic E-state index is 12.5. The van der Waals surface area contributed by atoms with Crippen molar-refractivity contribution in [2.75, 3.05) is 13.7 Å². The van der Waals surface area contributed by atoms with Crippen molar-refractivity contribution in [1.29, 1.82) is 0 Å². The fraction of sp³-hybridized carbons (Fsp3) is 0.632. The summed E-state index contributed by atoms with van der Waals surface area (Å²) in [6, 6.07) is 8.16. The summed E-state index contributed by atoms with van der Waals surface area (Å²) < 4.78 is 5.56. The van der Waals surface area contributed by atoms with Crippen LogP contribution >= 0.6 is 12.4 Å². The lowest BCUT2D eigenvalue weighted by molar-refractivity contribution is -0.126. The highest BCUT2D eigenvalue weighted by Crippen LogP contribution is 2.44. The molecule has 3 N–H and O–H groups in total. The molecule has 0 radical (unpaired) electrons. The summed E-state index contributed by atoms with van der Waals surface area (Å²) in [5.74, 6) is 0.855. The van der Waals surface area contributed by atoms with Gasteiger partial charge < -0.3 is 15.8 Å². The number of carbonyl (C=O) groups excluding carboxylic acids is 1. The first-order valence-corrected chi connectivity index (χ1v) is 8.66. The highest BCUT2D eigenvalue weighted by Gasteiger charge is 2.39. The van der Waals surface area contributed by atoms with Crippen LogP contribution in [-0.2, 0) is 10.2 Å². The lowest BCUT2D eigenvalue weighted by Crippen LogP contribution is -2.54. The molecule has 136 valence electrons. The molecule has 0 bridgehead atoms. The maximum atomic E-state index is 12.5. The second-order valence-corrected chi connectivity index (χ2v) is 7.04. The summed E-state index contributed by atoms with van der Waals surface area (Å²) >= 11 is 0. The molecule has 4 nitrogen and oxygen atoms in total. The standard InChI is InChI=1S/C19H30N2O2.ClH/c1-4-11-18(2,20)17(22)21-14-19(12-7-8-13-19)15-9-5-6-10-16(15)23-3;/h5-6,9-10H,4,7-8,11-14,20H2,1-3H3,(H,21,22);1H. The van der Waals surface area contributed by atoms with E-state index in [-0.39, 0.29) is 23.7 Å². The number of nitrogens with one attached hydrogen (secondary N) is 1. The molecule has 24 heavy (non-hydrogen) atoms. The van der Waals surface area contributed by atoms with Crippen LogP contribution in [0.2, 0.25) is 0 Å². The molecule has 5 heteroatoms. The van der Waals surface area contributed by atoms with Crippen LogP contribution in [0, 0.1) is 0 Å². The minimum absolute atomic E-state index is 0. The SMILES string of the molecule is CCCC(C)(N)C(=O)NCC1(c2ccccc2OC)CCCC1.Cl. The summed E-state index contributed by atoms with van der Waals surface area (Å²) in [5.41, 5.74) is 6.53. The summed E-state index contributed by atoms with van der Waals surface area (Å²) in [6.45, 7) is 4.49. The smallest absolute Gasteiger partial charge is 0.239 e. The van der Waals surface area contributed by atoms with Gasteiger partial charge in [0.25, 0.3) is 0 Å². The summed E-state index contributed by atoms with van der Waals surface area (Å²) in [6.07, 6.45) is 6.11. The van der Waals surface area contributed by atoms with Gasteiger partial charge in [0.05, 0.1) is 12.6 Å². The van der Waals surface area contributed by atoms with Gasteiger partial charge >= 0.3 is 0 Å². The fourth-order valence-corrected chi connectivity index (χ4v) is 3.76. The van der Waals surface area contributed by atoms with E-state index in [1.807, 2.05) is 32.0 Å². The molecule has 0 aromatic heterocycles. The summed E-state index contributed by atoms with van der Waals surface area (Å²) in [4.78, 5) is 12.5. The van der Waals surface area contributed by atoms with Crippen molar-refractivity contribution in [3.63, 3.8) is 0 Å². The molecule has 2 rings (SSSR count). The van der Waals surface area contributed by atoms with Crippen molar-refractivity contribution in [2.24, 2.45) is 5.73 Å². The number of nitrogens with two attached hydrogens (primary N) is 1. The second kappa shape index (κ2) is 8.72. The van der Waals surface area contributed by atoms with E-state index in [1.165, 1.54) is 18.4 Å². The average molecular weight is 355 g/mol. The van der Waals surface area contributed by atoms with E-state index in [0.717, 1.165) is 25.0 Å². The van der Waals surface area contributed by atoms with Crippen LogP contribution in [0.4, 0.5) is 0 Å². The van der Waals surface area contributed by atoms with Gasteiger partial charge in [-0.1, -0.05) is 44.4 Å². The zero-order valence-electron chi connectivity index (χ0n) is 15.1. The molecule has 1 atom stereocenters. The molecule has 0 spiro atoms. The average Bonchev–Trinajstić information content (AvgIpc) is 3.02. The molecule has 1 amide bonds. The van der Waals surface area contributed by atoms with E-state index in [1.54, 1.807) is 7.11 Å². The molecule has 0 saturated heterocycles. The van der Waals surface area contributed by atoms with Crippen LogP contribution in [-0.4, -0.2) is 25.1 Å². The van der Waals surface area contributed by atoms with E-state index in [0.29, 0.717) is 13.0 Å². The second-order valence-electron chi connectivity index (χ2n) is 7.04. The first-order valence-electron chi connectivity index (χ1n) is 8.66. The van der Waals surface area contributed by atoms with Gasteiger partial charge in [-0.3, -0.25) is 4.79 Å². The molecule has 0 aliphatic heterocycles. The predicted molar refractivity (Wildman–Crippen MR) is 101 cm³/mol. The van der Waals surface area contributed by atoms with Gasteiger partial charge in [0.1, 0.15) is 5.75 Å². The van der Waals surface area contributed by atoms with Gasteiger partial charge in [-0.05, 0) is 32.3 Å². The van der Waals surface area contributed by atoms with Crippen LogP contribution < -0.4 is 15.8 Å². The highest BCUT2D eigenvalue weighted by molar-refractivity contribution is 5.85. The summed E-state index contributed by atoms with van der Waals surface area (Å²) in [5, 5.41) is 3.12. The first kappa shape index (κ1) is 20.8. The van der Waals surface area contributed by atoms with Crippen molar-refractivity contribution in [3.8, 4) is 5.75 Å². The van der Waals surface area contributed by atoms with Crippen molar-refractivity contribution in [3.05, 3.63) is 29.8 Å². The number of methoxy groups -OCH3 is 1. The highest BCUT2D eigenvalue weighted by atomic mass is 35.5. The van der Waals surface area contributed by atoms with Crippen LogP contribution in [0.1, 0.15) is 57.9 Å². The Morgan fingerprint density at radius 1 is 1.33 bits per heavy atom. The number of halogens is 1. The third-order valence-electron chi connectivity index (χ3n) is 5.11. The molecule has 0 heterocycles. The quantitative estimate of drug-likeness (QED) is 0.786. The molecule has 1 aliphatic carbocycles. The van der Waals surface area contributed by atoms with Crippen molar-refractivity contribution >= 4 is 18.3 Å². The van der Waals surface area contributed by atoms with Crippen LogP contribution in [0.15, 0.2) is 24.3 Å². The third-order valence-corrected chi connectivity index (χ3v) is 5.11. The van der Waals surface area contributed by atoms with Crippen LogP contribution in [0.25, 0.3) is 0 Å². The van der Waals surface area contributed by atoms with Crippen LogP contribution in [0.3, 0.4) is 0 Å². The van der Waals surface area contributed by atoms with E-state index >= 15 is 0 Å². The number of rotatable bonds is 7. The zero-order chi connectivity index (χ0) is 16.9. The Hall–Kier alpha value is -1.26. The van der Waals surface area contributed by atoms with Gasteiger partial charge in [0.2, 0.25) is 5.91 Å². The Morgan fingerprint density at radius 2 is 1.96 bits per heavy atom. The summed E-state index contributed by atoms with van der Waals surface area (Å²) in [7, 11) is 1.71. The Morgan fingerprint density at radius 3 is 2.54 bits per heavy atom. The Labute approximate surface area is 151 Å². The maximum Gasteiger partial charge on any atom is 0.239 e. The molecule has 1 aliphatic rings. The molecular weight excluding hydrogens is 324 g/mol. The van der Waals surface area contributed by atoms with Crippen molar-refractivity contribution in [1.82, 2.24) is 5.32 Å². The lowest BCUT2D eigenvalue weighted by atomic mass is 9.78. The lowest BCUT2D eigenvalue weighted by Gasteiger charge is -2.33. The first-order chi connectivity index (χ1) is 10.9. The largest absolute Gasteiger partial charge is 0.496 e. The minimum atomic E-state index is -0.796. The molecule has 1 fully saturated rings. The van der Waals surface area contributed by atoms with Crippen molar-refractivity contribution < 1.29 is 9.53 Å². The number of para-hydroxylation sites is 1. The van der Waals surface area contributed by atoms with E-state index in [4.69, 9.17) is 10.5 Å². The Bertz CT molecular complexity index is 540. The predicted octanol–water partition coefficient (Wildman–Crippen LogP) is 3.56. The van der Waals surface area contributed by atoms with Gasteiger partial charge in [-0.15, -0.1) is 12.4 Å². The van der Waals surface area contributed by atoms with Gasteiger partial charge in [-0.25, -0.2) is 0 Å². The van der Waals surface area contributed by atoms with Gasteiger partial charge in [-0.2, -0.15) is 0 Å². The Kier molecular flexibility index (Phi) is 7.56. The molecule has 1 unspecified atom stereocenters. The topological polar surface area (TPSA) is 64.4 Å².